The normalized spacial score (nSPS) is 15.4. The second kappa shape index (κ2) is 10.6. The molecule has 156 valence electrons. The molecule has 0 bridgehead atoms. The van der Waals surface area contributed by atoms with E-state index in [1.807, 2.05) is 0 Å². The number of ether oxygens (including phenoxy) is 1. The standard InChI is InChI=1S/C20H31N3O4S/c1-5-27-20(26)16-14(2)17(19(25)22(3)4)28-18(16)21-15(24)13-23-11-9-7-6-8-10-12-23/h5-13H2,1-4H3,(H,21,24). The number of nitrogens with zero attached hydrogens (tertiary/aromatic N) is 2. The SMILES string of the molecule is CCOC(=O)c1c(NC(=O)CN2CCCCCCC2)sc(C(=O)N(C)C)c1C. The number of carbonyl (C=O) groups is 3. The maximum absolute atomic E-state index is 12.6. The van der Waals surface area contributed by atoms with E-state index >= 15 is 0 Å². The van der Waals surface area contributed by atoms with Crippen molar-refractivity contribution in [2.45, 2.75) is 46.0 Å². The van der Waals surface area contributed by atoms with E-state index in [4.69, 9.17) is 4.74 Å². The third-order valence-electron chi connectivity index (χ3n) is 4.80. The summed E-state index contributed by atoms with van der Waals surface area (Å²) in [5.74, 6) is -0.885. The molecule has 1 aliphatic heterocycles. The van der Waals surface area contributed by atoms with Gasteiger partial charge in [-0.1, -0.05) is 19.3 Å². The van der Waals surface area contributed by atoms with Crippen molar-refractivity contribution in [2.75, 3.05) is 45.7 Å². The van der Waals surface area contributed by atoms with Crippen molar-refractivity contribution in [3.63, 3.8) is 0 Å². The largest absolute Gasteiger partial charge is 0.462 e. The minimum absolute atomic E-state index is 0.170. The Hall–Kier alpha value is -1.93. The van der Waals surface area contributed by atoms with Gasteiger partial charge >= 0.3 is 5.97 Å². The van der Waals surface area contributed by atoms with Crippen LogP contribution in [0.25, 0.3) is 0 Å². The highest BCUT2D eigenvalue weighted by molar-refractivity contribution is 7.18. The summed E-state index contributed by atoms with van der Waals surface area (Å²) >= 11 is 1.13. The number of anilines is 1. The smallest absolute Gasteiger partial charge is 0.341 e. The lowest BCUT2D eigenvalue weighted by molar-refractivity contribution is -0.117. The number of hydrogen-bond acceptors (Lipinski definition) is 6. The summed E-state index contributed by atoms with van der Waals surface area (Å²) in [5, 5.41) is 3.24. The molecule has 0 saturated carbocycles. The average Bonchev–Trinajstić information content (AvgIpc) is 2.92. The first-order valence-electron chi connectivity index (χ1n) is 9.89. The van der Waals surface area contributed by atoms with Gasteiger partial charge in [-0.05, 0) is 45.3 Å². The summed E-state index contributed by atoms with van der Waals surface area (Å²) in [7, 11) is 3.32. The average molecular weight is 410 g/mol. The van der Waals surface area contributed by atoms with E-state index in [1.54, 1.807) is 27.9 Å². The van der Waals surface area contributed by atoms with Crippen molar-refractivity contribution in [3.8, 4) is 0 Å². The second-order valence-electron chi connectivity index (χ2n) is 7.27. The molecule has 0 radical (unpaired) electrons. The molecule has 2 rings (SSSR count). The van der Waals surface area contributed by atoms with Gasteiger partial charge in [0.2, 0.25) is 5.91 Å². The molecular weight excluding hydrogens is 378 g/mol. The molecule has 1 aromatic rings. The van der Waals surface area contributed by atoms with Crippen molar-refractivity contribution in [1.29, 1.82) is 0 Å². The van der Waals surface area contributed by atoms with Crippen LogP contribution in [-0.2, 0) is 9.53 Å². The molecule has 1 fully saturated rings. The molecule has 1 N–H and O–H groups in total. The van der Waals surface area contributed by atoms with Crippen LogP contribution in [0, 0.1) is 6.92 Å². The summed E-state index contributed by atoms with van der Waals surface area (Å²) in [6, 6.07) is 0. The lowest BCUT2D eigenvalue weighted by Crippen LogP contribution is -2.35. The number of hydrogen-bond donors (Lipinski definition) is 1. The van der Waals surface area contributed by atoms with Gasteiger partial charge in [0.05, 0.1) is 23.6 Å². The van der Waals surface area contributed by atoms with Crippen molar-refractivity contribution in [2.24, 2.45) is 0 Å². The first-order chi connectivity index (χ1) is 13.3. The second-order valence-corrected chi connectivity index (χ2v) is 8.29. The lowest BCUT2D eigenvalue weighted by Gasteiger charge is -2.23. The van der Waals surface area contributed by atoms with Gasteiger partial charge in [0.1, 0.15) is 5.00 Å². The fourth-order valence-electron chi connectivity index (χ4n) is 3.30. The van der Waals surface area contributed by atoms with Gasteiger partial charge in [0.25, 0.3) is 5.91 Å². The summed E-state index contributed by atoms with van der Waals surface area (Å²) in [4.78, 5) is 41.6. The fraction of sp³-hybridized carbons (Fsp3) is 0.650. The van der Waals surface area contributed by atoms with Crippen LogP contribution < -0.4 is 5.32 Å². The Morgan fingerprint density at radius 3 is 2.29 bits per heavy atom. The molecule has 28 heavy (non-hydrogen) atoms. The molecule has 1 aliphatic rings. The number of rotatable bonds is 6. The van der Waals surface area contributed by atoms with Gasteiger partial charge in [0.15, 0.2) is 0 Å². The summed E-state index contributed by atoms with van der Waals surface area (Å²) in [6.07, 6.45) is 5.86. The third kappa shape index (κ3) is 5.78. The van der Waals surface area contributed by atoms with Crippen LogP contribution in [0.5, 0.6) is 0 Å². The minimum atomic E-state index is -0.518. The zero-order valence-electron chi connectivity index (χ0n) is 17.3. The van der Waals surface area contributed by atoms with E-state index in [0.717, 1.165) is 37.3 Å². The van der Waals surface area contributed by atoms with E-state index in [1.165, 1.54) is 24.2 Å². The highest BCUT2D eigenvalue weighted by Crippen LogP contribution is 2.34. The van der Waals surface area contributed by atoms with Gasteiger partial charge in [-0.25, -0.2) is 4.79 Å². The molecular formula is C20H31N3O4S. The molecule has 1 saturated heterocycles. The highest BCUT2D eigenvalue weighted by Gasteiger charge is 2.27. The van der Waals surface area contributed by atoms with Crippen molar-refractivity contribution in [1.82, 2.24) is 9.80 Å². The lowest BCUT2D eigenvalue weighted by atomic mass is 10.1. The molecule has 0 atom stereocenters. The van der Waals surface area contributed by atoms with Crippen LogP contribution in [-0.4, -0.2) is 67.9 Å². The van der Waals surface area contributed by atoms with Gasteiger partial charge in [-0.3, -0.25) is 14.5 Å². The quantitative estimate of drug-likeness (QED) is 0.730. The predicted molar refractivity (Wildman–Crippen MR) is 111 cm³/mol. The van der Waals surface area contributed by atoms with Crippen molar-refractivity contribution < 1.29 is 19.1 Å². The zero-order valence-corrected chi connectivity index (χ0v) is 18.1. The molecule has 0 aromatic carbocycles. The van der Waals surface area contributed by atoms with E-state index < -0.39 is 5.97 Å². The van der Waals surface area contributed by atoms with E-state index in [2.05, 4.69) is 10.2 Å². The molecule has 7 nitrogen and oxygen atoms in total. The summed E-state index contributed by atoms with van der Waals surface area (Å²) in [5.41, 5.74) is 0.821. The highest BCUT2D eigenvalue weighted by atomic mass is 32.1. The van der Waals surface area contributed by atoms with Crippen molar-refractivity contribution in [3.05, 3.63) is 16.0 Å². The first kappa shape index (κ1) is 22.4. The van der Waals surface area contributed by atoms with E-state index in [9.17, 15) is 14.4 Å². The molecule has 8 heteroatoms. The molecule has 2 amide bonds. The van der Waals surface area contributed by atoms with Gasteiger partial charge < -0.3 is 15.0 Å². The van der Waals surface area contributed by atoms with Gasteiger partial charge in [-0.2, -0.15) is 0 Å². The van der Waals surface area contributed by atoms with E-state index in [0.29, 0.717) is 15.4 Å². The third-order valence-corrected chi connectivity index (χ3v) is 5.99. The molecule has 0 spiro atoms. The maximum atomic E-state index is 12.6. The number of likely N-dealkylation sites (tertiary alicyclic amines) is 1. The Labute approximate surface area is 171 Å². The monoisotopic (exact) mass is 409 g/mol. The van der Waals surface area contributed by atoms with Crippen LogP contribution in [0.3, 0.4) is 0 Å². The molecule has 0 unspecified atom stereocenters. The molecule has 0 aliphatic carbocycles. The predicted octanol–water partition coefficient (Wildman–Crippen LogP) is 3.14. The number of amides is 2. The Balaban J connectivity index is 2.19. The van der Waals surface area contributed by atoms with Crippen LogP contribution in [0.2, 0.25) is 0 Å². The Kier molecular flexibility index (Phi) is 8.44. The minimum Gasteiger partial charge on any atom is -0.462 e. The number of thiophene rings is 1. The molecule has 1 aromatic heterocycles. The number of nitrogens with one attached hydrogen (secondary N) is 1. The fourth-order valence-corrected chi connectivity index (χ4v) is 4.53. The Morgan fingerprint density at radius 2 is 1.71 bits per heavy atom. The van der Waals surface area contributed by atoms with E-state index in [-0.39, 0.29) is 30.5 Å². The summed E-state index contributed by atoms with van der Waals surface area (Å²) in [6.45, 7) is 5.78. The topological polar surface area (TPSA) is 79.0 Å². The van der Waals surface area contributed by atoms with Gasteiger partial charge in [-0.15, -0.1) is 11.3 Å². The van der Waals surface area contributed by atoms with Crippen LogP contribution in [0.1, 0.15) is 64.6 Å². The number of carbonyl (C=O) groups excluding carboxylic acids is 3. The number of esters is 1. The van der Waals surface area contributed by atoms with Crippen LogP contribution in [0.15, 0.2) is 0 Å². The van der Waals surface area contributed by atoms with Crippen LogP contribution in [0.4, 0.5) is 5.00 Å². The van der Waals surface area contributed by atoms with Crippen molar-refractivity contribution >= 4 is 34.1 Å². The maximum Gasteiger partial charge on any atom is 0.341 e. The Bertz CT molecular complexity index is 707. The molecule has 2 heterocycles. The van der Waals surface area contributed by atoms with Crippen LogP contribution >= 0.6 is 11.3 Å². The first-order valence-corrected chi connectivity index (χ1v) is 10.7. The van der Waals surface area contributed by atoms with Gasteiger partial charge in [0, 0.05) is 14.1 Å². The Morgan fingerprint density at radius 1 is 1.11 bits per heavy atom. The summed E-state index contributed by atoms with van der Waals surface area (Å²) < 4.78 is 5.15. The zero-order chi connectivity index (χ0) is 20.7.